The van der Waals surface area contributed by atoms with Crippen LogP contribution in [0.4, 0.5) is 4.39 Å². The number of amides is 1. The zero-order chi connectivity index (χ0) is 20.6. The maximum Gasteiger partial charge on any atom is 0.252 e. The Hall–Kier alpha value is -3.31. The van der Waals surface area contributed by atoms with E-state index in [1.807, 2.05) is 6.07 Å². The number of hydrogen-bond acceptors (Lipinski definition) is 3. The molecule has 0 saturated carbocycles. The zero-order valence-electron chi connectivity index (χ0n) is 15.8. The van der Waals surface area contributed by atoms with Gasteiger partial charge in [-0.05, 0) is 30.2 Å². The summed E-state index contributed by atoms with van der Waals surface area (Å²) in [5, 5.41) is 12.4. The molecule has 29 heavy (non-hydrogen) atoms. The molecule has 1 atom stereocenters. The Kier molecular flexibility index (Phi) is 6.87. The summed E-state index contributed by atoms with van der Waals surface area (Å²) in [4.78, 5) is 25.5. The van der Waals surface area contributed by atoms with Crippen molar-refractivity contribution in [2.24, 2.45) is 5.92 Å². The molecular formula is C24H22FNO3. The molecule has 0 aliphatic carbocycles. The van der Waals surface area contributed by atoms with Crippen LogP contribution in [0, 0.1) is 11.7 Å². The molecule has 0 saturated heterocycles. The van der Waals surface area contributed by atoms with E-state index < -0.39 is 0 Å². The van der Waals surface area contributed by atoms with Gasteiger partial charge in [0.1, 0.15) is 5.82 Å². The van der Waals surface area contributed by atoms with Gasteiger partial charge in [-0.15, -0.1) is 0 Å². The summed E-state index contributed by atoms with van der Waals surface area (Å²) in [5.74, 6) is -1.13. The van der Waals surface area contributed by atoms with E-state index in [1.165, 1.54) is 12.1 Å². The van der Waals surface area contributed by atoms with Crippen molar-refractivity contribution in [3.05, 3.63) is 107 Å². The van der Waals surface area contributed by atoms with Gasteiger partial charge in [-0.2, -0.15) is 0 Å². The summed E-state index contributed by atoms with van der Waals surface area (Å²) in [7, 11) is 0. The number of carbonyl (C=O) groups excluding carboxylic acids is 2. The van der Waals surface area contributed by atoms with Crippen LogP contribution in [-0.4, -0.2) is 29.9 Å². The fourth-order valence-electron chi connectivity index (χ4n) is 3.11. The monoisotopic (exact) mass is 391 g/mol. The third-order valence-electron chi connectivity index (χ3n) is 4.70. The van der Waals surface area contributed by atoms with Gasteiger partial charge in [-0.3, -0.25) is 9.59 Å². The van der Waals surface area contributed by atoms with Gasteiger partial charge in [0.05, 0.1) is 5.56 Å². The van der Waals surface area contributed by atoms with Crippen LogP contribution in [0.25, 0.3) is 0 Å². The Morgan fingerprint density at radius 2 is 1.48 bits per heavy atom. The van der Waals surface area contributed by atoms with Crippen LogP contribution in [0.2, 0.25) is 0 Å². The average Bonchev–Trinajstić information content (AvgIpc) is 2.77. The lowest BCUT2D eigenvalue weighted by Gasteiger charge is -2.16. The van der Waals surface area contributed by atoms with Crippen molar-refractivity contribution >= 4 is 11.7 Å². The number of rotatable bonds is 8. The van der Waals surface area contributed by atoms with E-state index in [0.29, 0.717) is 23.1 Å². The Morgan fingerprint density at radius 1 is 0.862 bits per heavy atom. The quantitative estimate of drug-likeness (QED) is 0.576. The van der Waals surface area contributed by atoms with Gasteiger partial charge in [0.2, 0.25) is 0 Å². The maximum atomic E-state index is 13.0. The molecule has 1 unspecified atom stereocenters. The number of hydrogen-bond donors (Lipinski definition) is 2. The minimum absolute atomic E-state index is 0.123. The van der Waals surface area contributed by atoms with Crippen molar-refractivity contribution < 1.29 is 19.1 Å². The highest BCUT2D eigenvalue weighted by Crippen LogP contribution is 2.15. The first kappa shape index (κ1) is 20.4. The number of aliphatic hydroxyl groups is 1. The number of nitrogens with one attached hydrogen (secondary N) is 1. The molecule has 0 bridgehead atoms. The van der Waals surface area contributed by atoms with Gasteiger partial charge < -0.3 is 10.4 Å². The number of carbonyl (C=O) groups is 2. The number of halogens is 1. The molecule has 1 amide bonds. The molecule has 2 N–H and O–H groups in total. The lowest BCUT2D eigenvalue weighted by molar-refractivity contribution is 0.0929. The van der Waals surface area contributed by atoms with Crippen molar-refractivity contribution in [2.75, 3.05) is 13.2 Å². The second-order valence-electron chi connectivity index (χ2n) is 6.83. The van der Waals surface area contributed by atoms with E-state index in [9.17, 15) is 19.1 Å². The van der Waals surface area contributed by atoms with E-state index in [2.05, 4.69) is 5.32 Å². The summed E-state index contributed by atoms with van der Waals surface area (Å²) in [6.45, 7) is 0.114. The first-order valence-corrected chi connectivity index (χ1v) is 9.40. The third kappa shape index (κ3) is 5.36. The highest BCUT2D eigenvalue weighted by molar-refractivity contribution is 6.15. The van der Waals surface area contributed by atoms with Gasteiger partial charge in [0.15, 0.2) is 5.78 Å². The smallest absolute Gasteiger partial charge is 0.252 e. The SMILES string of the molecule is O=C(NCC(CO)Cc1ccc(F)cc1)c1ccccc1C(=O)c1ccccc1. The van der Waals surface area contributed by atoms with Gasteiger partial charge in [-0.25, -0.2) is 4.39 Å². The first-order chi connectivity index (χ1) is 14.1. The van der Waals surface area contributed by atoms with Crippen LogP contribution >= 0.6 is 0 Å². The summed E-state index contributed by atoms with van der Waals surface area (Å²) in [6, 6.07) is 21.5. The predicted molar refractivity (Wildman–Crippen MR) is 109 cm³/mol. The van der Waals surface area contributed by atoms with Gasteiger partial charge in [-0.1, -0.05) is 60.7 Å². The summed E-state index contributed by atoms with van der Waals surface area (Å²) >= 11 is 0. The molecule has 0 aliphatic rings. The van der Waals surface area contributed by atoms with E-state index in [0.717, 1.165) is 5.56 Å². The third-order valence-corrected chi connectivity index (χ3v) is 4.70. The standard InChI is InChI=1S/C24H22FNO3/c25-20-12-10-17(11-13-20)14-18(16-27)15-26-24(29)22-9-5-4-8-21(22)23(28)19-6-2-1-3-7-19/h1-13,18,27H,14-16H2,(H,26,29). The second kappa shape index (κ2) is 9.75. The molecule has 0 aliphatic heterocycles. The molecule has 0 spiro atoms. The molecule has 0 aromatic heterocycles. The number of aliphatic hydroxyl groups excluding tert-OH is 1. The van der Waals surface area contributed by atoms with Crippen molar-refractivity contribution in [1.29, 1.82) is 0 Å². The van der Waals surface area contributed by atoms with E-state index in [4.69, 9.17) is 0 Å². The number of ketones is 1. The molecule has 0 radical (unpaired) electrons. The fraction of sp³-hybridized carbons (Fsp3) is 0.167. The zero-order valence-corrected chi connectivity index (χ0v) is 15.8. The minimum Gasteiger partial charge on any atom is -0.396 e. The largest absolute Gasteiger partial charge is 0.396 e. The second-order valence-corrected chi connectivity index (χ2v) is 6.83. The topological polar surface area (TPSA) is 66.4 Å². The van der Waals surface area contributed by atoms with Gasteiger partial charge in [0.25, 0.3) is 5.91 Å². The van der Waals surface area contributed by atoms with Crippen LogP contribution in [-0.2, 0) is 6.42 Å². The Bertz CT molecular complexity index is 971. The average molecular weight is 391 g/mol. The lowest BCUT2D eigenvalue weighted by atomic mass is 9.97. The Morgan fingerprint density at radius 3 is 2.14 bits per heavy atom. The molecule has 5 heteroatoms. The van der Waals surface area contributed by atoms with E-state index >= 15 is 0 Å². The normalized spacial score (nSPS) is 11.7. The molecule has 3 aromatic rings. The minimum atomic E-state index is -0.373. The van der Waals surface area contributed by atoms with Crippen molar-refractivity contribution in [1.82, 2.24) is 5.32 Å². The molecule has 3 aromatic carbocycles. The number of benzene rings is 3. The van der Waals surface area contributed by atoms with Gasteiger partial charge >= 0.3 is 0 Å². The van der Waals surface area contributed by atoms with Crippen LogP contribution < -0.4 is 5.32 Å². The first-order valence-electron chi connectivity index (χ1n) is 9.40. The molecule has 4 nitrogen and oxygen atoms in total. The van der Waals surface area contributed by atoms with Crippen LogP contribution in [0.15, 0.2) is 78.9 Å². The van der Waals surface area contributed by atoms with E-state index in [-0.39, 0.29) is 36.6 Å². The van der Waals surface area contributed by atoms with Crippen molar-refractivity contribution in [3.8, 4) is 0 Å². The van der Waals surface area contributed by atoms with E-state index in [1.54, 1.807) is 60.7 Å². The van der Waals surface area contributed by atoms with Crippen molar-refractivity contribution in [3.63, 3.8) is 0 Å². The summed E-state index contributed by atoms with van der Waals surface area (Å²) in [5.41, 5.74) is 2.01. The van der Waals surface area contributed by atoms with Crippen LogP contribution in [0.5, 0.6) is 0 Å². The molecule has 0 fully saturated rings. The van der Waals surface area contributed by atoms with Crippen molar-refractivity contribution in [2.45, 2.75) is 6.42 Å². The Balaban J connectivity index is 1.69. The lowest BCUT2D eigenvalue weighted by Crippen LogP contribution is -2.32. The predicted octanol–water partition coefficient (Wildman–Crippen LogP) is 3.64. The highest BCUT2D eigenvalue weighted by atomic mass is 19.1. The van der Waals surface area contributed by atoms with Crippen LogP contribution in [0.3, 0.4) is 0 Å². The summed E-state index contributed by atoms with van der Waals surface area (Å²) in [6.07, 6.45) is 0.502. The Labute approximate surface area is 169 Å². The van der Waals surface area contributed by atoms with Crippen LogP contribution in [0.1, 0.15) is 31.8 Å². The fourth-order valence-corrected chi connectivity index (χ4v) is 3.11. The molecule has 3 rings (SSSR count). The van der Waals surface area contributed by atoms with Gasteiger partial charge in [0, 0.05) is 30.2 Å². The molecule has 148 valence electrons. The maximum absolute atomic E-state index is 13.0. The molecular weight excluding hydrogens is 369 g/mol. The molecule has 0 heterocycles. The summed E-state index contributed by atoms with van der Waals surface area (Å²) < 4.78 is 13.0. The highest BCUT2D eigenvalue weighted by Gasteiger charge is 2.19.